The highest BCUT2D eigenvalue weighted by Gasteiger charge is 2.17. The van der Waals surface area contributed by atoms with E-state index < -0.39 is 0 Å². The molecule has 0 saturated carbocycles. The molecule has 0 aliphatic rings. The normalized spacial score (nSPS) is 11.0. The van der Waals surface area contributed by atoms with E-state index in [0.29, 0.717) is 22.6 Å². The number of anilines is 2. The summed E-state index contributed by atoms with van der Waals surface area (Å²) in [6.07, 6.45) is 1.42. The second-order valence-corrected chi connectivity index (χ2v) is 5.88. The van der Waals surface area contributed by atoms with Gasteiger partial charge in [0, 0.05) is 11.3 Å². The molecule has 0 aliphatic heterocycles. The maximum Gasteiger partial charge on any atom is 0.263 e. The van der Waals surface area contributed by atoms with Gasteiger partial charge in [0.25, 0.3) is 5.71 Å². The van der Waals surface area contributed by atoms with Gasteiger partial charge in [0.2, 0.25) is 0 Å². The first kappa shape index (κ1) is 15.3. The molecule has 0 bridgehead atoms. The molecule has 4 rings (SSSR count). The van der Waals surface area contributed by atoms with Crippen LogP contribution in [0.5, 0.6) is 0 Å². The van der Waals surface area contributed by atoms with Gasteiger partial charge < -0.3 is 9.84 Å². The second kappa shape index (κ2) is 5.98. The van der Waals surface area contributed by atoms with Gasteiger partial charge in [-0.1, -0.05) is 22.9 Å². The molecule has 0 fully saturated rings. The van der Waals surface area contributed by atoms with Crippen LogP contribution in [0.2, 0.25) is 0 Å². The quantitative estimate of drug-likeness (QED) is 0.584. The lowest BCUT2D eigenvalue weighted by Crippen LogP contribution is -1.98. The van der Waals surface area contributed by atoms with Crippen LogP contribution in [-0.4, -0.2) is 15.1 Å². The lowest BCUT2D eigenvalue weighted by Gasteiger charge is -2.10. The molecule has 124 valence electrons. The van der Waals surface area contributed by atoms with Crippen molar-refractivity contribution >= 4 is 22.6 Å². The Morgan fingerprint density at radius 1 is 1.00 bits per heavy atom. The van der Waals surface area contributed by atoms with E-state index in [4.69, 9.17) is 4.52 Å². The molecule has 1 N–H and O–H groups in total. The lowest BCUT2D eigenvalue weighted by atomic mass is 10.1. The minimum absolute atomic E-state index is 0.304. The topological polar surface area (TPSA) is 63.8 Å². The van der Waals surface area contributed by atoms with Crippen LogP contribution in [-0.2, 0) is 0 Å². The first-order valence-corrected chi connectivity index (χ1v) is 7.82. The number of aryl methyl sites for hydroxylation is 2. The molecule has 0 amide bonds. The summed E-state index contributed by atoms with van der Waals surface area (Å²) in [5.74, 6) is 0.291. The molecule has 0 spiro atoms. The summed E-state index contributed by atoms with van der Waals surface area (Å²) in [5.41, 5.74) is 4.92. The highest BCUT2D eigenvalue weighted by Crippen LogP contribution is 2.33. The fourth-order valence-electron chi connectivity index (χ4n) is 2.77. The summed E-state index contributed by atoms with van der Waals surface area (Å²) in [6.45, 7) is 4.08. The van der Waals surface area contributed by atoms with E-state index >= 15 is 0 Å². The zero-order chi connectivity index (χ0) is 17.4. The van der Waals surface area contributed by atoms with Gasteiger partial charge in [0.15, 0.2) is 0 Å². The Morgan fingerprint density at radius 2 is 1.80 bits per heavy atom. The molecular weight excluding hydrogens is 319 g/mol. The van der Waals surface area contributed by atoms with Crippen LogP contribution in [0, 0.1) is 19.7 Å². The Morgan fingerprint density at radius 3 is 2.56 bits per heavy atom. The van der Waals surface area contributed by atoms with Crippen LogP contribution in [0.1, 0.15) is 11.1 Å². The molecule has 2 heterocycles. The van der Waals surface area contributed by atoms with E-state index in [9.17, 15) is 4.39 Å². The lowest BCUT2D eigenvalue weighted by molar-refractivity contribution is 0.451. The van der Waals surface area contributed by atoms with Gasteiger partial charge in [0.05, 0.1) is 0 Å². The molecule has 6 heteroatoms. The number of nitrogens with zero attached hydrogens (tertiary/aromatic N) is 3. The van der Waals surface area contributed by atoms with Crippen molar-refractivity contribution < 1.29 is 8.91 Å². The first-order valence-electron chi connectivity index (χ1n) is 7.82. The summed E-state index contributed by atoms with van der Waals surface area (Å²) >= 11 is 0. The molecule has 4 aromatic rings. The van der Waals surface area contributed by atoms with Crippen molar-refractivity contribution in [1.82, 2.24) is 15.1 Å². The summed E-state index contributed by atoms with van der Waals surface area (Å²) in [4.78, 5) is 8.47. The number of halogens is 1. The zero-order valence-electron chi connectivity index (χ0n) is 13.7. The Hall–Kier alpha value is -3.28. The molecule has 0 aliphatic carbocycles. The molecule has 2 aromatic carbocycles. The Bertz CT molecular complexity index is 1060. The van der Waals surface area contributed by atoms with Gasteiger partial charge in [-0.25, -0.2) is 9.37 Å². The van der Waals surface area contributed by atoms with Crippen LogP contribution in [0.3, 0.4) is 0 Å². The molecule has 5 nitrogen and oxygen atoms in total. The number of benzene rings is 2. The third-order valence-electron chi connectivity index (χ3n) is 4.03. The van der Waals surface area contributed by atoms with E-state index in [2.05, 4.69) is 26.5 Å². The van der Waals surface area contributed by atoms with Crippen LogP contribution in [0.25, 0.3) is 22.4 Å². The summed E-state index contributed by atoms with van der Waals surface area (Å²) in [7, 11) is 0. The largest absolute Gasteiger partial charge is 0.339 e. The van der Waals surface area contributed by atoms with Crippen molar-refractivity contribution in [2.24, 2.45) is 0 Å². The van der Waals surface area contributed by atoms with Crippen molar-refractivity contribution in [2.45, 2.75) is 13.8 Å². The highest BCUT2D eigenvalue weighted by molar-refractivity contribution is 5.98. The van der Waals surface area contributed by atoms with E-state index in [1.54, 1.807) is 12.1 Å². The van der Waals surface area contributed by atoms with Gasteiger partial charge >= 0.3 is 0 Å². The van der Waals surface area contributed by atoms with Crippen molar-refractivity contribution in [3.8, 4) is 11.3 Å². The predicted octanol–water partition coefficient (Wildman–Crippen LogP) is 4.78. The van der Waals surface area contributed by atoms with E-state index in [1.807, 2.05) is 26.0 Å². The zero-order valence-corrected chi connectivity index (χ0v) is 13.7. The third-order valence-corrected chi connectivity index (χ3v) is 4.03. The smallest absolute Gasteiger partial charge is 0.263 e. The number of hydrogen-bond acceptors (Lipinski definition) is 5. The minimum atomic E-state index is -0.304. The van der Waals surface area contributed by atoms with Crippen LogP contribution >= 0.6 is 0 Å². The SMILES string of the molecule is Cc1ccc(Nc2ncnc3onc(-c4ccc(F)cc4)c23)c(C)c1. The summed E-state index contributed by atoms with van der Waals surface area (Å²) in [6, 6.07) is 12.2. The van der Waals surface area contributed by atoms with Gasteiger partial charge in [-0.2, -0.15) is 4.98 Å². The molecule has 0 radical (unpaired) electrons. The number of fused-ring (bicyclic) bond motifs is 1. The van der Waals surface area contributed by atoms with Crippen molar-refractivity contribution in [3.63, 3.8) is 0 Å². The Balaban J connectivity index is 1.84. The monoisotopic (exact) mass is 334 g/mol. The Kier molecular flexibility index (Phi) is 3.65. The molecule has 0 unspecified atom stereocenters. The predicted molar refractivity (Wildman–Crippen MR) is 94.2 cm³/mol. The number of nitrogens with one attached hydrogen (secondary N) is 1. The van der Waals surface area contributed by atoms with E-state index in [1.165, 1.54) is 24.0 Å². The maximum atomic E-state index is 13.2. The van der Waals surface area contributed by atoms with Crippen LogP contribution < -0.4 is 5.32 Å². The number of hydrogen-bond donors (Lipinski definition) is 1. The molecule has 0 atom stereocenters. The minimum Gasteiger partial charge on any atom is -0.339 e. The van der Waals surface area contributed by atoms with Crippen molar-refractivity contribution in [2.75, 3.05) is 5.32 Å². The summed E-state index contributed by atoms with van der Waals surface area (Å²) in [5, 5.41) is 8.08. The second-order valence-electron chi connectivity index (χ2n) is 5.88. The van der Waals surface area contributed by atoms with Gasteiger partial charge in [-0.15, -0.1) is 0 Å². The van der Waals surface area contributed by atoms with E-state index in [-0.39, 0.29) is 5.82 Å². The average molecular weight is 334 g/mol. The van der Waals surface area contributed by atoms with Crippen LogP contribution in [0.15, 0.2) is 53.3 Å². The molecule has 0 saturated heterocycles. The van der Waals surface area contributed by atoms with Crippen LogP contribution in [0.4, 0.5) is 15.9 Å². The first-order chi connectivity index (χ1) is 12.1. The molecular formula is C19H15FN4O. The molecule has 25 heavy (non-hydrogen) atoms. The maximum absolute atomic E-state index is 13.2. The van der Waals surface area contributed by atoms with Gasteiger partial charge in [-0.3, -0.25) is 0 Å². The molecule has 2 aromatic heterocycles. The standard InChI is InChI=1S/C19H15FN4O/c1-11-3-8-15(12(2)9-11)23-18-16-17(13-4-6-14(20)7-5-13)24-25-19(16)22-10-21-18/h3-10H,1-2H3,(H,21,22,23). The fraction of sp³-hybridized carbons (Fsp3) is 0.105. The van der Waals surface area contributed by atoms with E-state index in [0.717, 1.165) is 16.8 Å². The number of rotatable bonds is 3. The number of aromatic nitrogens is 3. The average Bonchev–Trinajstić information content (AvgIpc) is 3.03. The fourth-order valence-corrected chi connectivity index (χ4v) is 2.77. The van der Waals surface area contributed by atoms with Crippen molar-refractivity contribution in [1.29, 1.82) is 0 Å². The highest BCUT2D eigenvalue weighted by atomic mass is 19.1. The van der Waals surface area contributed by atoms with Gasteiger partial charge in [0.1, 0.15) is 29.0 Å². The third kappa shape index (κ3) is 2.82. The van der Waals surface area contributed by atoms with Gasteiger partial charge in [-0.05, 0) is 49.7 Å². The van der Waals surface area contributed by atoms with Crippen molar-refractivity contribution in [3.05, 3.63) is 65.7 Å². The Labute approximate surface area is 143 Å². The summed E-state index contributed by atoms with van der Waals surface area (Å²) < 4.78 is 18.5.